The third-order valence-electron chi connectivity index (χ3n) is 4.32. The van der Waals surface area contributed by atoms with Crippen molar-refractivity contribution in [2.24, 2.45) is 0 Å². The van der Waals surface area contributed by atoms with E-state index in [1.54, 1.807) is 29.8 Å². The number of amides is 1. The summed E-state index contributed by atoms with van der Waals surface area (Å²) in [6.45, 7) is 0.426. The summed E-state index contributed by atoms with van der Waals surface area (Å²) in [7, 11) is 0. The van der Waals surface area contributed by atoms with Gasteiger partial charge >= 0.3 is 0 Å². The third kappa shape index (κ3) is 4.21. The zero-order valence-electron chi connectivity index (χ0n) is 14.4. The van der Waals surface area contributed by atoms with E-state index in [0.29, 0.717) is 11.6 Å². The molecule has 4 rings (SSSR count). The minimum Gasteiger partial charge on any atom is -0.486 e. The lowest BCUT2D eigenvalue weighted by molar-refractivity contribution is -0.116. The summed E-state index contributed by atoms with van der Waals surface area (Å²) >= 11 is 8.07. The number of benzene rings is 1. The Morgan fingerprint density at radius 3 is 3.07 bits per heavy atom. The fourth-order valence-corrected chi connectivity index (χ4v) is 3.97. The summed E-state index contributed by atoms with van der Waals surface area (Å²) in [5.74, 6) is 0.560. The van der Waals surface area contributed by atoms with Crippen molar-refractivity contribution in [1.82, 2.24) is 10.3 Å². The quantitative estimate of drug-likeness (QED) is 0.641. The van der Waals surface area contributed by atoms with Gasteiger partial charge in [-0.1, -0.05) is 17.7 Å². The number of rotatable bonds is 5. The van der Waals surface area contributed by atoms with Crippen LogP contribution in [0.25, 0.3) is 17.2 Å². The monoisotopic (exact) mass is 396 g/mol. The van der Waals surface area contributed by atoms with Crippen molar-refractivity contribution in [3.8, 4) is 16.9 Å². The highest BCUT2D eigenvalue weighted by Gasteiger charge is 2.26. The molecule has 27 heavy (non-hydrogen) atoms. The van der Waals surface area contributed by atoms with Crippen molar-refractivity contribution in [3.05, 3.63) is 75.7 Å². The first-order chi connectivity index (χ1) is 13.2. The molecular weight excluding hydrogens is 380 g/mol. The van der Waals surface area contributed by atoms with Crippen LogP contribution < -0.4 is 10.1 Å². The number of fused-ring (bicyclic) bond motifs is 1. The Morgan fingerprint density at radius 1 is 1.37 bits per heavy atom. The topological polar surface area (TPSA) is 51.2 Å². The summed E-state index contributed by atoms with van der Waals surface area (Å²) in [6.07, 6.45) is 7.23. The molecule has 0 radical (unpaired) electrons. The van der Waals surface area contributed by atoms with Crippen LogP contribution in [0.4, 0.5) is 0 Å². The van der Waals surface area contributed by atoms with Crippen molar-refractivity contribution in [1.29, 1.82) is 0 Å². The maximum Gasteiger partial charge on any atom is 0.244 e. The van der Waals surface area contributed by atoms with Gasteiger partial charge in [-0.15, -0.1) is 0 Å². The minimum atomic E-state index is -0.163. The van der Waals surface area contributed by atoms with Gasteiger partial charge in [0.1, 0.15) is 11.9 Å². The Kier molecular flexibility index (Phi) is 5.23. The van der Waals surface area contributed by atoms with Crippen LogP contribution in [0.15, 0.2) is 59.6 Å². The predicted molar refractivity (Wildman–Crippen MR) is 109 cm³/mol. The molecular formula is C21H17ClN2O2S. The molecule has 136 valence electrons. The lowest BCUT2D eigenvalue weighted by Gasteiger charge is -2.11. The smallest absolute Gasteiger partial charge is 0.244 e. The fraction of sp³-hybridized carbons (Fsp3) is 0.143. The molecule has 0 saturated heterocycles. The Hall–Kier alpha value is -2.63. The van der Waals surface area contributed by atoms with Crippen LogP contribution in [0.3, 0.4) is 0 Å². The highest BCUT2D eigenvalue weighted by atomic mass is 35.5. The van der Waals surface area contributed by atoms with Gasteiger partial charge in [0.15, 0.2) is 0 Å². The number of carbonyl (C=O) groups excluding carboxylic acids is 1. The normalized spacial score (nSPS) is 15.5. The van der Waals surface area contributed by atoms with E-state index in [-0.39, 0.29) is 12.0 Å². The van der Waals surface area contributed by atoms with E-state index < -0.39 is 0 Å². The average Bonchev–Trinajstić information content (AvgIpc) is 3.35. The molecule has 2 aromatic heterocycles. The van der Waals surface area contributed by atoms with Gasteiger partial charge in [-0.3, -0.25) is 9.78 Å². The van der Waals surface area contributed by atoms with Gasteiger partial charge in [0.2, 0.25) is 5.91 Å². The van der Waals surface area contributed by atoms with Crippen LogP contribution in [0.1, 0.15) is 11.1 Å². The lowest BCUT2D eigenvalue weighted by atomic mass is 10.0. The molecule has 1 amide bonds. The number of thiophene rings is 1. The number of hydrogen-bond donors (Lipinski definition) is 1. The first kappa shape index (κ1) is 17.8. The average molecular weight is 397 g/mol. The number of nitrogens with zero attached hydrogens (tertiary/aromatic N) is 1. The second kappa shape index (κ2) is 7.94. The summed E-state index contributed by atoms with van der Waals surface area (Å²) < 4.78 is 5.95. The number of ether oxygens (including phenoxy) is 1. The molecule has 1 aliphatic rings. The van der Waals surface area contributed by atoms with Crippen molar-refractivity contribution in [2.45, 2.75) is 12.5 Å². The predicted octanol–water partition coefficient (Wildman–Crippen LogP) is 4.60. The van der Waals surface area contributed by atoms with Crippen LogP contribution in [0.2, 0.25) is 5.02 Å². The molecule has 1 aliphatic heterocycles. The molecule has 4 nitrogen and oxygen atoms in total. The van der Waals surface area contributed by atoms with Crippen molar-refractivity contribution < 1.29 is 9.53 Å². The molecule has 0 spiro atoms. The first-order valence-electron chi connectivity index (χ1n) is 8.56. The zero-order chi connectivity index (χ0) is 18.6. The Labute approximate surface area is 166 Å². The summed E-state index contributed by atoms with van der Waals surface area (Å²) in [5, 5.41) is 7.63. The van der Waals surface area contributed by atoms with Gasteiger partial charge < -0.3 is 10.1 Å². The van der Waals surface area contributed by atoms with E-state index in [2.05, 4.69) is 27.8 Å². The first-order valence-corrected chi connectivity index (χ1v) is 9.89. The number of aromatic nitrogens is 1. The molecule has 1 aromatic carbocycles. The Balaban J connectivity index is 1.37. The van der Waals surface area contributed by atoms with Crippen molar-refractivity contribution in [3.63, 3.8) is 0 Å². The SMILES string of the molecule is O=C(/C=C/c1cccnc1)NCC1Cc2cc(-c3ccsc3)cc(Cl)c2O1. The molecule has 0 aliphatic carbocycles. The van der Waals surface area contributed by atoms with Crippen molar-refractivity contribution in [2.75, 3.05) is 6.54 Å². The number of halogens is 1. The summed E-state index contributed by atoms with van der Waals surface area (Å²) in [6, 6.07) is 9.84. The zero-order valence-corrected chi connectivity index (χ0v) is 16.0. The van der Waals surface area contributed by atoms with Gasteiger partial charge in [0.05, 0.1) is 11.6 Å². The fourth-order valence-electron chi connectivity index (χ4n) is 3.02. The number of hydrogen-bond acceptors (Lipinski definition) is 4. The van der Waals surface area contributed by atoms with E-state index in [1.807, 2.05) is 23.6 Å². The molecule has 1 atom stereocenters. The largest absolute Gasteiger partial charge is 0.486 e. The van der Waals surface area contributed by atoms with Gasteiger partial charge in [-0.05, 0) is 57.8 Å². The van der Waals surface area contributed by atoms with Crippen molar-refractivity contribution >= 4 is 34.9 Å². The van der Waals surface area contributed by atoms with Crippen LogP contribution in [0, 0.1) is 0 Å². The maximum absolute atomic E-state index is 12.0. The number of carbonyl (C=O) groups is 1. The number of pyridine rings is 1. The molecule has 0 saturated carbocycles. The van der Waals surface area contributed by atoms with Crippen LogP contribution in [-0.4, -0.2) is 23.5 Å². The highest BCUT2D eigenvalue weighted by Crippen LogP contribution is 2.39. The summed E-state index contributed by atoms with van der Waals surface area (Å²) in [5.41, 5.74) is 4.20. The molecule has 6 heteroatoms. The summed E-state index contributed by atoms with van der Waals surface area (Å²) in [4.78, 5) is 16.0. The van der Waals surface area contributed by atoms with E-state index in [9.17, 15) is 4.79 Å². The number of nitrogens with one attached hydrogen (secondary N) is 1. The second-order valence-corrected chi connectivity index (χ2v) is 7.45. The molecule has 1 N–H and O–H groups in total. The molecule has 0 fully saturated rings. The van der Waals surface area contributed by atoms with Gasteiger partial charge in [0, 0.05) is 30.5 Å². The molecule has 3 heterocycles. The van der Waals surface area contributed by atoms with Crippen LogP contribution >= 0.6 is 22.9 Å². The Morgan fingerprint density at radius 2 is 2.30 bits per heavy atom. The molecule has 3 aromatic rings. The lowest BCUT2D eigenvalue weighted by Crippen LogP contribution is -2.33. The minimum absolute atomic E-state index is 0.119. The maximum atomic E-state index is 12.0. The Bertz CT molecular complexity index is 971. The van der Waals surface area contributed by atoms with E-state index in [1.165, 1.54) is 6.08 Å². The third-order valence-corrected chi connectivity index (χ3v) is 5.29. The van der Waals surface area contributed by atoms with E-state index >= 15 is 0 Å². The van der Waals surface area contributed by atoms with Crippen LogP contribution in [0.5, 0.6) is 5.75 Å². The van der Waals surface area contributed by atoms with E-state index in [4.69, 9.17) is 16.3 Å². The van der Waals surface area contributed by atoms with Gasteiger partial charge in [-0.25, -0.2) is 0 Å². The standard InChI is InChI=1S/C21H17ClN2O2S/c22-19-10-16(15-5-7-27-13-15)8-17-9-18(26-21(17)19)12-24-20(25)4-3-14-2-1-6-23-11-14/h1-8,10-11,13,18H,9,12H2,(H,24,25)/b4-3+. The van der Waals surface area contributed by atoms with Crippen LogP contribution in [-0.2, 0) is 11.2 Å². The van der Waals surface area contributed by atoms with Gasteiger partial charge in [0.25, 0.3) is 0 Å². The molecule has 1 unspecified atom stereocenters. The second-order valence-electron chi connectivity index (χ2n) is 6.27. The molecule has 0 bridgehead atoms. The van der Waals surface area contributed by atoms with Gasteiger partial charge in [-0.2, -0.15) is 11.3 Å². The highest BCUT2D eigenvalue weighted by molar-refractivity contribution is 7.08. The van der Waals surface area contributed by atoms with E-state index in [0.717, 1.165) is 34.4 Å².